The predicted molar refractivity (Wildman–Crippen MR) is 72.2 cm³/mol. The molecular formula is C13H9FO2S2. The second-order valence-corrected chi connectivity index (χ2v) is 5.28. The minimum Gasteiger partial charge on any atom is -0.478 e. The molecule has 1 aromatic carbocycles. The molecule has 1 aromatic heterocycles. The number of carbonyl (C=O) groups is 1. The number of carboxylic acids is 1. The first-order chi connectivity index (χ1) is 8.66. The molecule has 0 aliphatic carbocycles. The van der Waals surface area contributed by atoms with E-state index in [0.717, 1.165) is 4.90 Å². The van der Waals surface area contributed by atoms with E-state index in [1.54, 1.807) is 29.7 Å². The Morgan fingerprint density at radius 1 is 1.28 bits per heavy atom. The van der Waals surface area contributed by atoms with Gasteiger partial charge in [0.15, 0.2) is 0 Å². The molecule has 0 spiro atoms. The number of aliphatic carboxylic acids is 1. The van der Waals surface area contributed by atoms with Crippen molar-refractivity contribution in [2.45, 2.75) is 4.90 Å². The zero-order chi connectivity index (χ0) is 13.0. The smallest absolute Gasteiger partial charge is 0.337 e. The third kappa shape index (κ3) is 3.21. The zero-order valence-electron chi connectivity index (χ0n) is 9.17. The van der Waals surface area contributed by atoms with Gasteiger partial charge in [0.1, 0.15) is 5.82 Å². The third-order valence-corrected chi connectivity index (χ3v) is 3.94. The Labute approximate surface area is 112 Å². The first-order valence-electron chi connectivity index (χ1n) is 5.06. The number of hydrogen-bond donors (Lipinski definition) is 1. The Morgan fingerprint density at radius 3 is 2.56 bits per heavy atom. The fourth-order valence-corrected chi connectivity index (χ4v) is 2.87. The van der Waals surface area contributed by atoms with Crippen LogP contribution in [0.25, 0.3) is 5.57 Å². The van der Waals surface area contributed by atoms with Crippen molar-refractivity contribution in [3.05, 3.63) is 57.9 Å². The molecule has 2 rings (SSSR count). The monoisotopic (exact) mass is 280 g/mol. The van der Waals surface area contributed by atoms with E-state index >= 15 is 0 Å². The molecule has 0 radical (unpaired) electrons. The highest BCUT2D eigenvalue weighted by atomic mass is 32.2. The number of rotatable bonds is 4. The number of thioether (sulfide) groups is 1. The van der Waals surface area contributed by atoms with Crippen LogP contribution >= 0.6 is 23.1 Å². The first-order valence-corrected chi connectivity index (χ1v) is 6.82. The van der Waals surface area contributed by atoms with Crippen LogP contribution in [0.4, 0.5) is 4.39 Å². The van der Waals surface area contributed by atoms with Crippen molar-refractivity contribution in [1.82, 2.24) is 0 Å². The summed E-state index contributed by atoms with van der Waals surface area (Å²) in [6.07, 6.45) is 0. The van der Waals surface area contributed by atoms with Crippen molar-refractivity contribution in [3.8, 4) is 0 Å². The Balaban J connectivity index is 2.20. The van der Waals surface area contributed by atoms with Gasteiger partial charge in [-0.05, 0) is 41.1 Å². The van der Waals surface area contributed by atoms with Gasteiger partial charge in [-0.1, -0.05) is 17.8 Å². The number of carboxylic acid groups (broad SMARTS) is 1. The molecule has 0 unspecified atom stereocenters. The van der Waals surface area contributed by atoms with E-state index < -0.39 is 5.97 Å². The van der Waals surface area contributed by atoms with Crippen LogP contribution in [0.2, 0.25) is 0 Å². The zero-order valence-corrected chi connectivity index (χ0v) is 10.8. The largest absolute Gasteiger partial charge is 0.478 e. The van der Waals surface area contributed by atoms with Crippen molar-refractivity contribution < 1.29 is 14.3 Å². The molecule has 0 amide bonds. The minimum atomic E-state index is -0.966. The maximum absolute atomic E-state index is 12.7. The summed E-state index contributed by atoms with van der Waals surface area (Å²) in [7, 11) is 0. The maximum atomic E-state index is 12.7. The van der Waals surface area contributed by atoms with Crippen LogP contribution in [-0.4, -0.2) is 11.1 Å². The summed E-state index contributed by atoms with van der Waals surface area (Å²) in [5.41, 5.74) is 0.249. The summed E-state index contributed by atoms with van der Waals surface area (Å²) < 4.78 is 12.7. The van der Waals surface area contributed by atoms with Gasteiger partial charge in [-0.3, -0.25) is 0 Å². The van der Waals surface area contributed by atoms with Gasteiger partial charge < -0.3 is 5.11 Å². The Kier molecular flexibility index (Phi) is 4.17. The van der Waals surface area contributed by atoms with Crippen molar-refractivity contribution in [3.63, 3.8) is 0 Å². The molecule has 0 saturated carbocycles. The van der Waals surface area contributed by atoms with Crippen molar-refractivity contribution in [1.29, 1.82) is 0 Å². The molecule has 0 saturated heterocycles. The van der Waals surface area contributed by atoms with E-state index in [4.69, 9.17) is 5.11 Å². The number of thiophene rings is 1. The Bertz CT molecular complexity index is 559. The van der Waals surface area contributed by atoms with Crippen LogP contribution in [0.15, 0.2) is 52.1 Å². The molecule has 5 heteroatoms. The van der Waals surface area contributed by atoms with E-state index in [1.807, 2.05) is 5.38 Å². The second kappa shape index (κ2) is 5.84. The van der Waals surface area contributed by atoms with Gasteiger partial charge in [0.2, 0.25) is 0 Å². The fourth-order valence-electron chi connectivity index (χ4n) is 1.29. The Morgan fingerprint density at radius 2 is 2.00 bits per heavy atom. The van der Waals surface area contributed by atoms with Crippen LogP contribution in [0.5, 0.6) is 0 Å². The summed E-state index contributed by atoms with van der Waals surface area (Å²) in [6.45, 7) is 0. The lowest BCUT2D eigenvalue weighted by molar-refractivity contribution is -0.130. The van der Waals surface area contributed by atoms with E-state index in [2.05, 4.69) is 0 Å². The van der Waals surface area contributed by atoms with Crippen LogP contribution in [0.3, 0.4) is 0 Å². The average molecular weight is 280 g/mol. The average Bonchev–Trinajstić information content (AvgIpc) is 2.85. The topological polar surface area (TPSA) is 37.3 Å². The predicted octanol–water partition coefficient (Wildman–Crippen LogP) is 4.11. The molecule has 18 heavy (non-hydrogen) atoms. The fraction of sp³-hybridized carbons (Fsp3) is 0. The molecule has 2 aromatic rings. The lowest BCUT2D eigenvalue weighted by Gasteiger charge is -2.00. The van der Waals surface area contributed by atoms with Gasteiger partial charge in [0.25, 0.3) is 0 Å². The van der Waals surface area contributed by atoms with Crippen molar-refractivity contribution in [2.75, 3.05) is 0 Å². The number of hydrogen-bond acceptors (Lipinski definition) is 3. The van der Waals surface area contributed by atoms with E-state index in [-0.39, 0.29) is 11.4 Å². The van der Waals surface area contributed by atoms with Gasteiger partial charge in [-0.15, -0.1) is 11.3 Å². The quantitative estimate of drug-likeness (QED) is 0.676. The summed E-state index contributed by atoms with van der Waals surface area (Å²) in [5, 5.41) is 12.5. The molecule has 0 fully saturated rings. The normalized spacial score (nSPS) is 11.5. The lowest BCUT2D eigenvalue weighted by Crippen LogP contribution is -1.96. The molecule has 2 nitrogen and oxygen atoms in total. The molecule has 92 valence electrons. The highest BCUT2D eigenvalue weighted by Gasteiger charge is 2.11. The summed E-state index contributed by atoms with van der Waals surface area (Å²) in [5.74, 6) is -1.27. The Hall–Kier alpha value is -1.59. The summed E-state index contributed by atoms with van der Waals surface area (Å²) >= 11 is 2.64. The molecule has 1 heterocycles. The maximum Gasteiger partial charge on any atom is 0.337 e. The highest BCUT2D eigenvalue weighted by Crippen LogP contribution is 2.27. The van der Waals surface area contributed by atoms with E-state index in [0.29, 0.717) is 4.88 Å². The van der Waals surface area contributed by atoms with Gasteiger partial charge >= 0.3 is 5.97 Å². The van der Waals surface area contributed by atoms with E-state index in [9.17, 15) is 9.18 Å². The second-order valence-electron chi connectivity index (χ2n) is 3.39. The van der Waals surface area contributed by atoms with Gasteiger partial charge in [0, 0.05) is 9.77 Å². The highest BCUT2D eigenvalue weighted by molar-refractivity contribution is 8.02. The van der Waals surface area contributed by atoms with E-state index in [1.165, 1.54) is 35.2 Å². The first kappa shape index (κ1) is 12.9. The SMILES string of the molecule is O=C(O)C(=CSc1ccc(F)cc1)c1cccs1. The lowest BCUT2D eigenvalue weighted by atomic mass is 10.2. The summed E-state index contributed by atoms with van der Waals surface area (Å²) in [6, 6.07) is 9.49. The van der Waals surface area contributed by atoms with Crippen LogP contribution < -0.4 is 0 Å². The molecule has 0 aliphatic heterocycles. The van der Waals surface area contributed by atoms with Crippen LogP contribution in [-0.2, 0) is 4.79 Å². The van der Waals surface area contributed by atoms with Gasteiger partial charge in [0.05, 0.1) is 5.57 Å². The van der Waals surface area contributed by atoms with Gasteiger partial charge in [-0.25, -0.2) is 9.18 Å². The third-order valence-electron chi connectivity index (χ3n) is 2.14. The van der Waals surface area contributed by atoms with Crippen molar-refractivity contribution >= 4 is 34.6 Å². The molecule has 1 N–H and O–H groups in total. The van der Waals surface area contributed by atoms with Crippen LogP contribution in [0, 0.1) is 5.82 Å². The van der Waals surface area contributed by atoms with Crippen molar-refractivity contribution in [2.24, 2.45) is 0 Å². The minimum absolute atomic E-state index is 0.249. The number of halogens is 1. The van der Waals surface area contributed by atoms with Gasteiger partial charge in [-0.2, -0.15) is 0 Å². The molecule has 0 aliphatic rings. The molecular weight excluding hydrogens is 271 g/mol. The molecule has 0 atom stereocenters. The number of benzene rings is 1. The standard InChI is InChI=1S/C13H9FO2S2/c14-9-3-5-10(6-4-9)18-8-11(13(15)16)12-2-1-7-17-12/h1-8H,(H,15,16). The van der Waals surface area contributed by atoms with Crippen LogP contribution in [0.1, 0.15) is 4.88 Å². The molecule has 0 bridgehead atoms. The summed E-state index contributed by atoms with van der Waals surface area (Å²) in [4.78, 5) is 12.6.